The third-order valence-electron chi connectivity index (χ3n) is 3.72. The normalized spacial score (nSPS) is 18.8. The molecule has 1 fully saturated rings. The Bertz CT molecular complexity index is 341. The Balaban J connectivity index is 2.23. The SMILES string of the molecule is CCC(N)c1ccccc1N1CCCCCC1. The molecule has 1 aliphatic heterocycles. The molecule has 1 heterocycles. The molecule has 0 spiro atoms. The summed E-state index contributed by atoms with van der Waals surface area (Å²) in [7, 11) is 0. The first-order valence-corrected chi connectivity index (χ1v) is 6.92. The molecule has 1 saturated heterocycles. The van der Waals surface area contributed by atoms with Crippen molar-refractivity contribution >= 4 is 5.69 Å². The monoisotopic (exact) mass is 232 g/mol. The van der Waals surface area contributed by atoms with Crippen molar-refractivity contribution in [2.45, 2.75) is 45.1 Å². The Hall–Kier alpha value is -1.02. The lowest BCUT2D eigenvalue weighted by molar-refractivity contribution is 0.688. The zero-order chi connectivity index (χ0) is 12.1. The van der Waals surface area contributed by atoms with Crippen molar-refractivity contribution in [3.8, 4) is 0 Å². The van der Waals surface area contributed by atoms with E-state index in [1.165, 1.54) is 50.0 Å². The predicted molar refractivity (Wildman–Crippen MR) is 74.3 cm³/mol. The molecule has 1 unspecified atom stereocenters. The van der Waals surface area contributed by atoms with Crippen molar-refractivity contribution in [1.82, 2.24) is 0 Å². The summed E-state index contributed by atoms with van der Waals surface area (Å²) in [5, 5.41) is 0. The minimum atomic E-state index is 0.175. The van der Waals surface area contributed by atoms with Gasteiger partial charge in [-0.1, -0.05) is 38.0 Å². The van der Waals surface area contributed by atoms with E-state index in [0.29, 0.717) is 0 Å². The quantitative estimate of drug-likeness (QED) is 0.864. The van der Waals surface area contributed by atoms with Crippen molar-refractivity contribution in [2.24, 2.45) is 5.73 Å². The standard InChI is InChI=1S/C15H24N2/c1-2-14(16)13-9-5-6-10-15(13)17-11-7-3-4-8-12-17/h5-6,9-10,14H,2-4,7-8,11-12,16H2,1H3. The second-order valence-electron chi connectivity index (χ2n) is 4.97. The molecule has 1 aromatic carbocycles. The summed E-state index contributed by atoms with van der Waals surface area (Å²) in [6, 6.07) is 8.83. The van der Waals surface area contributed by atoms with Crippen LogP contribution >= 0.6 is 0 Å². The van der Waals surface area contributed by atoms with Crippen molar-refractivity contribution in [2.75, 3.05) is 18.0 Å². The molecule has 0 amide bonds. The molecule has 2 rings (SSSR count). The highest BCUT2D eigenvalue weighted by atomic mass is 15.1. The molecule has 0 saturated carbocycles. The van der Waals surface area contributed by atoms with Gasteiger partial charge >= 0.3 is 0 Å². The molecule has 0 radical (unpaired) electrons. The van der Waals surface area contributed by atoms with Crippen molar-refractivity contribution in [3.05, 3.63) is 29.8 Å². The van der Waals surface area contributed by atoms with Gasteiger partial charge in [-0.25, -0.2) is 0 Å². The lowest BCUT2D eigenvalue weighted by atomic mass is 10.0. The Kier molecular flexibility index (Phi) is 4.43. The van der Waals surface area contributed by atoms with E-state index in [-0.39, 0.29) is 6.04 Å². The molecule has 0 aliphatic carbocycles. The highest BCUT2D eigenvalue weighted by molar-refractivity contribution is 5.55. The highest BCUT2D eigenvalue weighted by Gasteiger charge is 2.15. The summed E-state index contributed by atoms with van der Waals surface area (Å²) in [5.74, 6) is 0. The second kappa shape index (κ2) is 6.06. The average Bonchev–Trinajstić information content (AvgIpc) is 2.66. The molecule has 2 heteroatoms. The fourth-order valence-electron chi connectivity index (χ4n) is 2.62. The van der Waals surface area contributed by atoms with Crippen LogP contribution in [-0.2, 0) is 0 Å². The van der Waals surface area contributed by atoms with Gasteiger partial charge in [0.2, 0.25) is 0 Å². The van der Waals surface area contributed by atoms with Crippen LogP contribution in [-0.4, -0.2) is 13.1 Å². The molecule has 2 N–H and O–H groups in total. The van der Waals surface area contributed by atoms with E-state index in [0.717, 1.165) is 6.42 Å². The molecule has 1 atom stereocenters. The van der Waals surface area contributed by atoms with E-state index in [2.05, 4.69) is 36.1 Å². The van der Waals surface area contributed by atoms with Crippen LogP contribution in [0, 0.1) is 0 Å². The molecule has 0 aromatic heterocycles. The van der Waals surface area contributed by atoms with Gasteiger partial charge in [-0.2, -0.15) is 0 Å². The first-order chi connectivity index (χ1) is 8.33. The van der Waals surface area contributed by atoms with Crippen molar-refractivity contribution in [1.29, 1.82) is 0 Å². The molecular formula is C15H24N2. The van der Waals surface area contributed by atoms with Gasteiger partial charge in [0.1, 0.15) is 0 Å². The summed E-state index contributed by atoms with van der Waals surface area (Å²) in [6.07, 6.45) is 6.38. The Morgan fingerprint density at radius 3 is 2.41 bits per heavy atom. The van der Waals surface area contributed by atoms with Gasteiger partial charge in [0.05, 0.1) is 0 Å². The van der Waals surface area contributed by atoms with Crippen LogP contribution in [0.1, 0.15) is 50.6 Å². The minimum Gasteiger partial charge on any atom is -0.371 e. The maximum atomic E-state index is 6.21. The van der Waals surface area contributed by atoms with Crippen LogP contribution < -0.4 is 10.6 Å². The smallest absolute Gasteiger partial charge is 0.0414 e. The summed E-state index contributed by atoms with van der Waals surface area (Å²) in [4.78, 5) is 2.53. The van der Waals surface area contributed by atoms with Crippen molar-refractivity contribution < 1.29 is 0 Å². The second-order valence-corrected chi connectivity index (χ2v) is 4.97. The fourth-order valence-corrected chi connectivity index (χ4v) is 2.62. The fraction of sp³-hybridized carbons (Fsp3) is 0.600. The van der Waals surface area contributed by atoms with E-state index in [4.69, 9.17) is 5.73 Å². The van der Waals surface area contributed by atoms with Gasteiger partial charge < -0.3 is 10.6 Å². The third kappa shape index (κ3) is 3.01. The number of para-hydroxylation sites is 1. The molecule has 0 bridgehead atoms. The maximum Gasteiger partial charge on any atom is 0.0414 e. The van der Waals surface area contributed by atoms with Gasteiger partial charge in [-0.05, 0) is 30.9 Å². The van der Waals surface area contributed by atoms with Crippen LogP contribution in [0.2, 0.25) is 0 Å². The van der Waals surface area contributed by atoms with Gasteiger partial charge in [-0.15, -0.1) is 0 Å². The largest absolute Gasteiger partial charge is 0.371 e. The number of nitrogens with two attached hydrogens (primary N) is 1. The van der Waals surface area contributed by atoms with Gasteiger partial charge in [0, 0.05) is 24.8 Å². The van der Waals surface area contributed by atoms with E-state index in [1.807, 2.05) is 0 Å². The van der Waals surface area contributed by atoms with Crippen LogP contribution in [0.15, 0.2) is 24.3 Å². The summed E-state index contributed by atoms with van der Waals surface area (Å²) < 4.78 is 0. The Morgan fingerprint density at radius 1 is 1.12 bits per heavy atom. The zero-order valence-electron chi connectivity index (χ0n) is 10.9. The first kappa shape index (κ1) is 12.4. The maximum absolute atomic E-state index is 6.21. The average molecular weight is 232 g/mol. The molecule has 94 valence electrons. The molecule has 17 heavy (non-hydrogen) atoms. The van der Waals surface area contributed by atoms with Crippen LogP contribution in [0.25, 0.3) is 0 Å². The van der Waals surface area contributed by atoms with Gasteiger partial charge in [0.15, 0.2) is 0 Å². The van der Waals surface area contributed by atoms with E-state index in [9.17, 15) is 0 Å². The lowest BCUT2D eigenvalue weighted by Crippen LogP contribution is -2.26. The highest BCUT2D eigenvalue weighted by Crippen LogP contribution is 2.28. The third-order valence-corrected chi connectivity index (χ3v) is 3.72. The van der Waals surface area contributed by atoms with Crippen LogP contribution in [0.4, 0.5) is 5.69 Å². The topological polar surface area (TPSA) is 29.3 Å². The summed E-state index contributed by atoms with van der Waals surface area (Å²) in [6.45, 7) is 4.53. The minimum absolute atomic E-state index is 0.175. The number of hydrogen-bond donors (Lipinski definition) is 1. The van der Waals surface area contributed by atoms with Gasteiger partial charge in [0.25, 0.3) is 0 Å². The van der Waals surface area contributed by atoms with Crippen LogP contribution in [0.3, 0.4) is 0 Å². The molecular weight excluding hydrogens is 208 g/mol. The Morgan fingerprint density at radius 2 is 1.76 bits per heavy atom. The summed E-state index contributed by atoms with van der Waals surface area (Å²) >= 11 is 0. The number of rotatable bonds is 3. The molecule has 2 nitrogen and oxygen atoms in total. The number of nitrogens with zero attached hydrogens (tertiary/aromatic N) is 1. The van der Waals surface area contributed by atoms with E-state index < -0.39 is 0 Å². The van der Waals surface area contributed by atoms with E-state index >= 15 is 0 Å². The first-order valence-electron chi connectivity index (χ1n) is 6.92. The number of hydrogen-bond acceptors (Lipinski definition) is 2. The zero-order valence-corrected chi connectivity index (χ0v) is 10.9. The molecule has 1 aromatic rings. The van der Waals surface area contributed by atoms with Gasteiger partial charge in [-0.3, -0.25) is 0 Å². The van der Waals surface area contributed by atoms with E-state index in [1.54, 1.807) is 0 Å². The lowest BCUT2D eigenvalue weighted by Gasteiger charge is -2.27. The van der Waals surface area contributed by atoms with Crippen molar-refractivity contribution in [3.63, 3.8) is 0 Å². The Labute approximate surface area is 105 Å². The predicted octanol–water partition coefficient (Wildman–Crippen LogP) is 3.48. The summed E-state index contributed by atoms with van der Waals surface area (Å²) in [5.41, 5.74) is 8.90. The number of anilines is 1. The number of benzene rings is 1. The van der Waals surface area contributed by atoms with Crippen LogP contribution in [0.5, 0.6) is 0 Å². The molecule has 1 aliphatic rings.